The number of aliphatic hydroxyl groups is 1. The molecular formula is C10H18ClNO. The van der Waals surface area contributed by atoms with Gasteiger partial charge in [0.15, 0.2) is 0 Å². The molecule has 1 aliphatic heterocycles. The maximum Gasteiger partial charge on any atom is 0.0590 e. The van der Waals surface area contributed by atoms with Gasteiger partial charge in [-0.2, -0.15) is 0 Å². The van der Waals surface area contributed by atoms with E-state index in [1.165, 1.54) is 0 Å². The summed E-state index contributed by atoms with van der Waals surface area (Å²) in [6, 6.07) is 0. The lowest BCUT2D eigenvalue weighted by atomic mass is 9.96. The molecule has 1 N–H and O–H groups in total. The Morgan fingerprint density at radius 2 is 2.38 bits per heavy atom. The average Bonchev–Trinajstić information content (AvgIpc) is 2.11. The predicted octanol–water partition coefficient (Wildman–Crippen LogP) is 1.48. The largest absolute Gasteiger partial charge is 0.393 e. The van der Waals surface area contributed by atoms with E-state index < -0.39 is 0 Å². The summed E-state index contributed by atoms with van der Waals surface area (Å²) in [6.07, 6.45) is 0.747. The van der Waals surface area contributed by atoms with E-state index in [1.54, 1.807) is 0 Å². The molecule has 0 spiro atoms. The van der Waals surface area contributed by atoms with Crippen molar-refractivity contribution in [3.63, 3.8) is 0 Å². The second-order valence-corrected chi connectivity index (χ2v) is 4.22. The van der Waals surface area contributed by atoms with E-state index in [0.29, 0.717) is 11.8 Å². The molecule has 1 fully saturated rings. The standard InChI is InChI=1S/C10H18ClNO/c1-8(5-11)6-12-4-3-10(13)9(2)7-12/h9-10,13H,1,3-7H2,2H3. The van der Waals surface area contributed by atoms with E-state index in [0.717, 1.165) is 31.6 Å². The molecular weight excluding hydrogens is 186 g/mol. The van der Waals surface area contributed by atoms with Gasteiger partial charge in [-0.25, -0.2) is 0 Å². The second-order valence-electron chi connectivity index (χ2n) is 3.95. The summed E-state index contributed by atoms with van der Waals surface area (Å²) < 4.78 is 0. The van der Waals surface area contributed by atoms with Gasteiger partial charge >= 0.3 is 0 Å². The highest BCUT2D eigenvalue weighted by Gasteiger charge is 2.23. The van der Waals surface area contributed by atoms with Crippen LogP contribution < -0.4 is 0 Å². The van der Waals surface area contributed by atoms with Gasteiger partial charge in [-0.3, -0.25) is 4.90 Å². The monoisotopic (exact) mass is 203 g/mol. The van der Waals surface area contributed by atoms with Crippen LogP contribution in [0.4, 0.5) is 0 Å². The maximum atomic E-state index is 9.51. The van der Waals surface area contributed by atoms with E-state index >= 15 is 0 Å². The Balaban J connectivity index is 2.33. The number of rotatable bonds is 3. The van der Waals surface area contributed by atoms with Gasteiger partial charge in [0.2, 0.25) is 0 Å². The van der Waals surface area contributed by atoms with Crippen molar-refractivity contribution in [1.29, 1.82) is 0 Å². The SMILES string of the molecule is C=C(CCl)CN1CCC(O)C(C)C1. The summed E-state index contributed by atoms with van der Waals surface area (Å²) in [6.45, 7) is 8.75. The Morgan fingerprint density at radius 1 is 1.69 bits per heavy atom. The van der Waals surface area contributed by atoms with Crippen LogP contribution in [0.3, 0.4) is 0 Å². The number of halogens is 1. The molecule has 1 saturated heterocycles. The van der Waals surface area contributed by atoms with Crippen LogP contribution >= 0.6 is 11.6 Å². The minimum Gasteiger partial charge on any atom is -0.393 e. The summed E-state index contributed by atoms with van der Waals surface area (Å²) in [5.74, 6) is 0.907. The first-order chi connectivity index (χ1) is 6.13. The van der Waals surface area contributed by atoms with Gasteiger partial charge in [-0.05, 0) is 17.9 Å². The molecule has 0 aromatic carbocycles. The van der Waals surface area contributed by atoms with Gasteiger partial charge in [0.05, 0.1) is 6.10 Å². The molecule has 76 valence electrons. The molecule has 2 unspecified atom stereocenters. The first-order valence-corrected chi connectivity index (χ1v) is 5.30. The maximum absolute atomic E-state index is 9.51. The molecule has 0 saturated carbocycles. The third kappa shape index (κ3) is 3.29. The van der Waals surface area contributed by atoms with Crippen molar-refractivity contribution in [1.82, 2.24) is 4.90 Å². The van der Waals surface area contributed by atoms with Crippen LogP contribution in [-0.2, 0) is 0 Å². The summed E-state index contributed by atoms with van der Waals surface area (Å²) in [7, 11) is 0. The first-order valence-electron chi connectivity index (χ1n) is 4.76. The molecule has 0 aliphatic carbocycles. The number of hydrogen-bond acceptors (Lipinski definition) is 2. The van der Waals surface area contributed by atoms with E-state index in [2.05, 4.69) is 18.4 Å². The van der Waals surface area contributed by atoms with Crippen LogP contribution in [0.1, 0.15) is 13.3 Å². The van der Waals surface area contributed by atoms with Crippen molar-refractivity contribution in [2.45, 2.75) is 19.4 Å². The summed E-state index contributed by atoms with van der Waals surface area (Å²) in [5.41, 5.74) is 1.06. The molecule has 0 radical (unpaired) electrons. The topological polar surface area (TPSA) is 23.5 Å². The van der Waals surface area contributed by atoms with Crippen molar-refractivity contribution in [2.75, 3.05) is 25.5 Å². The summed E-state index contributed by atoms with van der Waals surface area (Å²) in [5, 5.41) is 9.51. The molecule has 13 heavy (non-hydrogen) atoms. The van der Waals surface area contributed by atoms with Crippen molar-refractivity contribution in [3.8, 4) is 0 Å². The molecule has 0 bridgehead atoms. The molecule has 0 amide bonds. The predicted molar refractivity (Wildman–Crippen MR) is 56.1 cm³/mol. The Labute approximate surface area is 85.2 Å². The number of hydrogen-bond donors (Lipinski definition) is 1. The van der Waals surface area contributed by atoms with E-state index in [4.69, 9.17) is 11.6 Å². The number of piperidine rings is 1. The highest BCUT2D eigenvalue weighted by atomic mass is 35.5. The molecule has 2 atom stereocenters. The molecule has 0 aromatic heterocycles. The van der Waals surface area contributed by atoms with Gasteiger partial charge < -0.3 is 5.11 Å². The smallest absolute Gasteiger partial charge is 0.0590 e. The molecule has 1 aliphatic rings. The van der Waals surface area contributed by atoms with Crippen LogP contribution in [0.5, 0.6) is 0 Å². The van der Waals surface area contributed by atoms with Crippen LogP contribution in [0.15, 0.2) is 12.2 Å². The number of nitrogens with zero attached hydrogens (tertiary/aromatic N) is 1. The molecule has 1 rings (SSSR count). The number of likely N-dealkylation sites (tertiary alicyclic amines) is 1. The quantitative estimate of drug-likeness (QED) is 0.555. The van der Waals surface area contributed by atoms with Gasteiger partial charge in [0.1, 0.15) is 0 Å². The van der Waals surface area contributed by atoms with Crippen molar-refractivity contribution in [2.24, 2.45) is 5.92 Å². The highest BCUT2D eigenvalue weighted by molar-refractivity contribution is 6.19. The van der Waals surface area contributed by atoms with Gasteiger partial charge in [0, 0.05) is 25.5 Å². The fourth-order valence-electron chi connectivity index (χ4n) is 1.72. The molecule has 0 aromatic rings. The minimum absolute atomic E-state index is 0.125. The highest BCUT2D eigenvalue weighted by Crippen LogP contribution is 2.17. The zero-order chi connectivity index (χ0) is 9.84. The van der Waals surface area contributed by atoms with Crippen LogP contribution in [0.25, 0.3) is 0 Å². The third-order valence-electron chi connectivity index (χ3n) is 2.58. The normalized spacial score (nSPS) is 30.4. The van der Waals surface area contributed by atoms with Crippen molar-refractivity contribution < 1.29 is 5.11 Å². The van der Waals surface area contributed by atoms with Gasteiger partial charge in [0.25, 0.3) is 0 Å². The Bertz CT molecular complexity index is 184. The van der Waals surface area contributed by atoms with E-state index in [-0.39, 0.29) is 6.10 Å². The van der Waals surface area contributed by atoms with E-state index in [9.17, 15) is 5.11 Å². The van der Waals surface area contributed by atoms with E-state index in [1.807, 2.05) is 0 Å². The lowest BCUT2D eigenvalue weighted by Gasteiger charge is -2.34. The summed E-state index contributed by atoms with van der Waals surface area (Å²) >= 11 is 5.66. The van der Waals surface area contributed by atoms with Crippen LogP contribution in [0, 0.1) is 5.92 Å². The summed E-state index contributed by atoms with van der Waals surface area (Å²) in [4.78, 5) is 2.31. The Hall–Kier alpha value is -0.0500. The lowest BCUT2D eigenvalue weighted by Crippen LogP contribution is -2.42. The first kappa shape index (κ1) is 11.0. The average molecular weight is 204 g/mol. The van der Waals surface area contributed by atoms with Gasteiger partial charge in [-0.1, -0.05) is 13.5 Å². The Kier molecular flexibility index (Phi) is 4.23. The molecule has 2 nitrogen and oxygen atoms in total. The van der Waals surface area contributed by atoms with Crippen molar-refractivity contribution in [3.05, 3.63) is 12.2 Å². The fraction of sp³-hybridized carbons (Fsp3) is 0.800. The number of alkyl halides is 1. The number of aliphatic hydroxyl groups excluding tert-OH is 1. The zero-order valence-corrected chi connectivity index (χ0v) is 8.93. The van der Waals surface area contributed by atoms with Crippen molar-refractivity contribution >= 4 is 11.6 Å². The fourth-order valence-corrected chi connectivity index (χ4v) is 1.81. The van der Waals surface area contributed by atoms with Crippen LogP contribution in [0.2, 0.25) is 0 Å². The van der Waals surface area contributed by atoms with Crippen LogP contribution in [-0.4, -0.2) is 41.6 Å². The second kappa shape index (κ2) is 4.99. The van der Waals surface area contributed by atoms with Gasteiger partial charge in [-0.15, -0.1) is 11.6 Å². The Morgan fingerprint density at radius 3 is 2.92 bits per heavy atom. The zero-order valence-electron chi connectivity index (χ0n) is 8.17. The molecule has 1 heterocycles. The molecule has 3 heteroatoms. The third-order valence-corrected chi connectivity index (χ3v) is 2.96. The minimum atomic E-state index is -0.125. The lowest BCUT2D eigenvalue weighted by molar-refractivity contribution is 0.0388.